The van der Waals surface area contributed by atoms with Crippen molar-refractivity contribution >= 4 is 12.0 Å². The van der Waals surface area contributed by atoms with Crippen molar-refractivity contribution in [3.8, 4) is 0 Å². The summed E-state index contributed by atoms with van der Waals surface area (Å²) in [5.41, 5.74) is -0.510. The zero-order valence-electron chi connectivity index (χ0n) is 13.1. The number of hydrogen-bond acceptors (Lipinski definition) is 6. The Labute approximate surface area is 138 Å². The molecule has 0 spiro atoms. The number of ether oxygens (including phenoxy) is 1. The maximum absolute atomic E-state index is 13.4. The van der Waals surface area contributed by atoms with Crippen LogP contribution in [0.5, 0.6) is 0 Å². The molecule has 4 bridgehead atoms. The highest BCUT2D eigenvalue weighted by Gasteiger charge is 2.58. The van der Waals surface area contributed by atoms with Gasteiger partial charge < -0.3 is 9.84 Å². The summed E-state index contributed by atoms with van der Waals surface area (Å²) in [6, 6.07) is 0. The fourth-order valence-electron chi connectivity index (χ4n) is 5.33. The molecule has 0 aromatic heterocycles. The molecule has 8 heteroatoms. The van der Waals surface area contributed by atoms with Crippen molar-refractivity contribution in [3.05, 3.63) is 0 Å². The second kappa shape index (κ2) is 6.72. The Morgan fingerprint density at radius 3 is 2.22 bits per heavy atom. The highest BCUT2D eigenvalue weighted by Crippen LogP contribution is 2.61. The molecule has 5 nitrogen and oxygen atoms in total. The Morgan fingerprint density at radius 1 is 1.17 bits per heavy atom. The van der Waals surface area contributed by atoms with E-state index >= 15 is 0 Å². The third-order valence-corrected chi connectivity index (χ3v) is 6.80. The van der Waals surface area contributed by atoms with E-state index in [2.05, 4.69) is 16.3 Å². The van der Waals surface area contributed by atoms with Crippen LogP contribution in [0.3, 0.4) is 0 Å². The Kier molecular flexibility index (Phi) is 5.21. The molecule has 2 N–H and O–H groups in total. The van der Waals surface area contributed by atoms with Gasteiger partial charge in [-0.2, -0.15) is 8.78 Å². The van der Waals surface area contributed by atoms with Gasteiger partial charge in [-0.3, -0.25) is 0 Å². The first-order valence-electron chi connectivity index (χ1n) is 8.23. The van der Waals surface area contributed by atoms with Crippen molar-refractivity contribution in [3.63, 3.8) is 0 Å². The van der Waals surface area contributed by atoms with Crippen LogP contribution in [-0.4, -0.2) is 34.4 Å². The second-order valence-corrected chi connectivity index (χ2v) is 8.14. The quantitative estimate of drug-likeness (QED) is 0.395. The van der Waals surface area contributed by atoms with Crippen molar-refractivity contribution in [1.29, 1.82) is 0 Å². The average molecular weight is 354 g/mol. The molecule has 4 aliphatic rings. The Morgan fingerprint density at radius 2 is 1.74 bits per heavy atom. The van der Waals surface area contributed by atoms with Gasteiger partial charge in [0, 0.05) is 0 Å². The zero-order valence-corrected chi connectivity index (χ0v) is 13.9. The maximum atomic E-state index is 13.4. The van der Waals surface area contributed by atoms with Crippen molar-refractivity contribution in [1.82, 2.24) is 0 Å². The van der Waals surface area contributed by atoms with Gasteiger partial charge in [0.2, 0.25) is 0 Å². The predicted octanol–water partition coefficient (Wildman–Crippen LogP) is 3.49. The first kappa shape index (κ1) is 17.8. The summed E-state index contributed by atoms with van der Waals surface area (Å²) in [5, 5.41) is 18.7. The third kappa shape index (κ3) is 3.39. The van der Waals surface area contributed by atoms with E-state index in [0.717, 1.165) is 32.1 Å². The SMILES string of the molecule is CCC1(O)C2CC3CC1CC(C2)C3COCC(F)(F)SOOO. The van der Waals surface area contributed by atoms with E-state index in [-0.39, 0.29) is 12.0 Å². The molecule has 0 heterocycles. The van der Waals surface area contributed by atoms with Crippen molar-refractivity contribution in [2.45, 2.75) is 49.9 Å². The third-order valence-electron chi connectivity index (χ3n) is 6.31. The highest BCUT2D eigenvalue weighted by molar-refractivity contribution is 7.95. The van der Waals surface area contributed by atoms with Gasteiger partial charge in [0.1, 0.15) is 18.6 Å². The van der Waals surface area contributed by atoms with Crippen LogP contribution in [0.15, 0.2) is 0 Å². The van der Waals surface area contributed by atoms with E-state index in [4.69, 9.17) is 9.99 Å². The number of alkyl halides is 2. The van der Waals surface area contributed by atoms with Crippen LogP contribution in [0, 0.1) is 29.6 Å². The molecule has 0 aromatic rings. The van der Waals surface area contributed by atoms with Crippen molar-refractivity contribution in [2.24, 2.45) is 29.6 Å². The smallest absolute Gasteiger partial charge is 0.343 e. The van der Waals surface area contributed by atoms with Crippen LogP contribution in [0.25, 0.3) is 0 Å². The topological polar surface area (TPSA) is 68.2 Å². The van der Waals surface area contributed by atoms with Gasteiger partial charge in [0.05, 0.1) is 12.2 Å². The van der Waals surface area contributed by atoms with Gasteiger partial charge >= 0.3 is 5.25 Å². The van der Waals surface area contributed by atoms with Crippen LogP contribution in [0.4, 0.5) is 8.78 Å². The molecule has 0 atom stereocenters. The number of aliphatic hydroxyl groups is 1. The van der Waals surface area contributed by atoms with Gasteiger partial charge in [0.15, 0.2) is 0 Å². The summed E-state index contributed by atoms with van der Waals surface area (Å²) in [5.74, 6) is 1.97. The highest BCUT2D eigenvalue weighted by atomic mass is 32.2. The number of hydrogen-bond donors (Lipinski definition) is 2. The van der Waals surface area contributed by atoms with E-state index < -0.39 is 17.5 Å². The summed E-state index contributed by atoms with van der Waals surface area (Å²) in [4.78, 5) is 0. The van der Waals surface area contributed by atoms with Crippen molar-refractivity contribution in [2.75, 3.05) is 13.2 Å². The van der Waals surface area contributed by atoms with E-state index in [0.29, 0.717) is 36.2 Å². The minimum Gasteiger partial charge on any atom is -0.389 e. The predicted molar refractivity (Wildman–Crippen MR) is 79.3 cm³/mol. The first-order valence-corrected chi connectivity index (χ1v) is 8.97. The van der Waals surface area contributed by atoms with Crippen LogP contribution >= 0.6 is 12.0 Å². The molecule has 0 amide bonds. The average Bonchev–Trinajstić information content (AvgIpc) is 2.50. The van der Waals surface area contributed by atoms with E-state index in [1.807, 2.05) is 0 Å². The molecule has 4 aliphatic carbocycles. The Bertz CT molecular complexity index is 393. The first-order chi connectivity index (χ1) is 10.9. The Balaban J connectivity index is 1.51. The standard InChI is InChI=1S/C15H24F2O5S/c1-2-14(18)11-3-9-4-12(14)6-10(5-11)13(9)7-20-8-15(16,17)23-22-21-19/h9-13,18-19H,2-8H2,1H3. The normalized spacial score (nSPS) is 42.4. The largest absolute Gasteiger partial charge is 0.389 e. The lowest BCUT2D eigenvalue weighted by Gasteiger charge is -2.61. The molecule has 0 radical (unpaired) electrons. The molecular weight excluding hydrogens is 330 g/mol. The molecule has 0 saturated heterocycles. The van der Waals surface area contributed by atoms with Gasteiger partial charge in [-0.05, 0) is 61.7 Å². The fourth-order valence-corrected chi connectivity index (χ4v) is 5.59. The van der Waals surface area contributed by atoms with Gasteiger partial charge in [-0.1, -0.05) is 12.0 Å². The number of rotatable bonds is 8. The van der Waals surface area contributed by atoms with Gasteiger partial charge in [-0.25, -0.2) is 5.26 Å². The summed E-state index contributed by atoms with van der Waals surface area (Å²) in [6.45, 7) is 1.60. The molecule has 0 aliphatic heterocycles. The Hall–Kier alpha value is 0.01000. The van der Waals surface area contributed by atoms with Crippen LogP contribution < -0.4 is 0 Å². The monoisotopic (exact) mass is 354 g/mol. The van der Waals surface area contributed by atoms with E-state index in [9.17, 15) is 13.9 Å². The van der Waals surface area contributed by atoms with Crippen LogP contribution in [0.2, 0.25) is 0 Å². The fraction of sp³-hybridized carbons (Fsp3) is 1.00. The minimum absolute atomic E-state index is 0.267. The van der Waals surface area contributed by atoms with Crippen LogP contribution in [-0.2, 0) is 14.1 Å². The minimum atomic E-state index is -3.27. The van der Waals surface area contributed by atoms with Gasteiger partial charge in [0.25, 0.3) is 0 Å². The molecule has 23 heavy (non-hydrogen) atoms. The van der Waals surface area contributed by atoms with E-state index in [1.165, 1.54) is 0 Å². The molecule has 4 saturated carbocycles. The maximum Gasteiger partial charge on any atom is 0.343 e. The summed E-state index contributed by atoms with van der Waals surface area (Å²) >= 11 is -0.267. The van der Waals surface area contributed by atoms with Crippen molar-refractivity contribution < 1.29 is 33.3 Å². The molecule has 0 unspecified atom stereocenters. The molecule has 134 valence electrons. The lowest BCUT2D eigenvalue weighted by molar-refractivity contribution is -0.433. The molecule has 4 rings (SSSR count). The van der Waals surface area contributed by atoms with Crippen LogP contribution in [0.1, 0.15) is 39.0 Å². The molecular formula is C15H24F2O5S. The number of halogens is 2. The summed E-state index contributed by atoms with van der Waals surface area (Å²) in [7, 11) is 0. The summed E-state index contributed by atoms with van der Waals surface area (Å²) < 4.78 is 35.8. The molecule has 0 aromatic carbocycles. The van der Waals surface area contributed by atoms with E-state index in [1.54, 1.807) is 0 Å². The summed E-state index contributed by atoms with van der Waals surface area (Å²) in [6.07, 6.45) is 4.74. The van der Waals surface area contributed by atoms with Gasteiger partial charge in [-0.15, -0.1) is 4.33 Å². The lowest BCUT2D eigenvalue weighted by Crippen LogP contribution is -2.60. The molecule has 4 fully saturated rings. The zero-order chi connectivity index (χ0) is 16.7. The lowest BCUT2D eigenvalue weighted by atomic mass is 9.46. The second-order valence-electron chi connectivity index (χ2n) is 7.24.